The predicted molar refractivity (Wildman–Crippen MR) is 139 cm³/mol. The van der Waals surface area contributed by atoms with E-state index in [0.717, 1.165) is 27.7 Å². The Bertz CT molecular complexity index is 621. The Balaban J connectivity index is 0.00000218. The molecule has 1 saturated heterocycles. The molecule has 2 unspecified atom stereocenters. The fourth-order valence-electron chi connectivity index (χ4n) is 8.16. The van der Waals surface area contributed by atoms with Crippen molar-refractivity contribution in [2.24, 2.45) is 23.2 Å². The lowest BCUT2D eigenvalue weighted by atomic mass is 9.45. The van der Waals surface area contributed by atoms with Crippen molar-refractivity contribution < 1.29 is 0 Å². The van der Waals surface area contributed by atoms with Crippen LogP contribution in [0.3, 0.4) is 0 Å². The van der Waals surface area contributed by atoms with Gasteiger partial charge in [0.05, 0.1) is 4.05 Å². The molecule has 1 nitrogen and oxygen atoms in total. The molecular weight excluding hydrogens is 501 g/mol. The molecule has 0 amide bonds. The molecule has 4 bridgehead atoms. The van der Waals surface area contributed by atoms with Crippen LogP contribution in [0.5, 0.6) is 0 Å². The maximum absolute atomic E-state index is 2.75. The van der Waals surface area contributed by atoms with E-state index in [1.807, 2.05) is 0 Å². The van der Waals surface area contributed by atoms with Gasteiger partial charge in [0.25, 0.3) is 0 Å². The van der Waals surface area contributed by atoms with Gasteiger partial charge in [0, 0.05) is 0 Å². The number of piperidine rings is 1. The molecule has 0 aromatic heterocycles. The first-order chi connectivity index (χ1) is 14.2. The quantitative estimate of drug-likeness (QED) is 0.139. The Morgan fingerprint density at radius 1 is 0.833 bits per heavy atom. The molecule has 2 atom stereocenters. The molecule has 0 spiro atoms. The van der Waals surface area contributed by atoms with Crippen molar-refractivity contribution in [3.63, 3.8) is 0 Å². The molecule has 1 aliphatic heterocycles. The van der Waals surface area contributed by atoms with E-state index in [-0.39, 0.29) is 12.4 Å². The number of rotatable bonds is 8. The summed E-state index contributed by atoms with van der Waals surface area (Å²) in [6.07, 6.45) is 19.3. The SMILES string of the molecule is Cl.IC(CCCCC(c1ccccc1)C12CC3CC(CC(C3)C1)C2)N1CCCCC1. The fourth-order valence-corrected chi connectivity index (χ4v) is 9.16. The highest BCUT2D eigenvalue weighted by Gasteiger charge is 2.54. The minimum atomic E-state index is 0. The molecule has 168 valence electrons. The summed E-state index contributed by atoms with van der Waals surface area (Å²) in [7, 11) is 0. The highest BCUT2D eigenvalue weighted by molar-refractivity contribution is 14.1. The van der Waals surface area contributed by atoms with Gasteiger partial charge in [-0.3, -0.25) is 4.90 Å². The first-order valence-electron chi connectivity index (χ1n) is 12.6. The van der Waals surface area contributed by atoms with Crippen LogP contribution in [0, 0.1) is 23.2 Å². The third-order valence-electron chi connectivity index (χ3n) is 9.00. The van der Waals surface area contributed by atoms with Gasteiger partial charge in [0.1, 0.15) is 0 Å². The maximum Gasteiger partial charge on any atom is 0.0618 e. The number of alkyl halides is 1. The Morgan fingerprint density at radius 3 is 2.00 bits per heavy atom. The summed E-state index contributed by atoms with van der Waals surface area (Å²) in [6.45, 7) is 2.68. The van der Waals surface area contributed by atoms with Crippen LogP contribution in [0.2, 0.25) is 0 Å². The number of nitrogens with zero attached hydrogens (tertiary/aromatic N) is 1. The van der Waals surface area contributed by atoms with Crippen molar-refractivity contribution in [3.8, 4) is 0 Å². The summed E-state index contributed by atoms with van der Waals surface area (Å²) in [5.74, 6) is 4.00. The average Bonchev–Trinajstić information content (AvgIpc) is 2.73. The van der Waals surface area contributed by atoms with Gasteiger partial charge in [-0.1, -0.05) is 72.2 Å². The molecule has 3 heteroatoms. The van der Waals surface area contributed by atoms with Gasteiger partial charge < -0.3 is 0 Å². The van der Waals surface area contributed by atoms with Crippen LogP contribution in [-0.4, -0.2) is 22.0 Å². The second kappa shape index (κ2) is 10.4. The van der Waals surface area contributed by atoms with Gasteiger partial charge in [0.2, 0.25) is 0 Å². The lowest BCUT2D eigenvalue weighted by Gasteiger charge is -2.60. The second-order valence-corrected chi connectivity index (χ2v) is 12.5. The van der Waals surface area contributed by atoms with E-state index in [9.17, 15) is 0 Å². The van der Waals surface area contributed by atoms with E-state index >= 15 is 0 Å². The zero-order valence-electron chi connectivity index (χ0n) is 18.6. The van der Waals surface area contributed by atoms with Gasteiger partial charge in [-0.25, -0.2) is 0 Å². The summed E-state index contributed by atoms with van der Waals surface area (Å²) < 4.78 is 0.766. The van der Waals surface area contributed by atoms with Gasteiger partial charge in [-0.15, -0.1) is 12.4 Å². The molecule has 5 aliphatic rings. The van der Waals surface area contributed by atoms with E-state index in [1.165, 1.54) is 58.0 Å². The Hall–Kier alpha value is 0.200. The molecule has 4 aliphatic carbocycles. The number of halogens is 2. The molecule has 6 rings (SSSR count). The summed E-state index contributed by atoms with van der Waals surface area (Å²) in [4.78, 5) is 2.75. The topological polar surface area (TPSA) is 3.24 Å². The summed E-state index contributed by atoms with van der Waals surface area (Å²) in [5, 5.41) is 0. The maximum atomic E-state index is 2.75. The van der Waals surface area contributed by atoms with Crippen LogP contribution in [0.15, 0.2) is 30.3 Å². The Labute approximate surface area is 204 Å². The van der Waals surface area contributed by atoms with Gasteiger partial charge in [-0.2, -0.15) is 0 Å². The molecular formula is C27H41ClIN. The first kappa shape index (κ1) is 23.4. The van der Waals surface area contributed by atoms with Gasteiger partial charge in [-0.05, 0) is 112 Å². The normalized spacial score (nSPS) is 35.0. The largest absolute Gasteiger partial charge is 0.292 e. The van der Waals surface area contributed by atoms with Crippen molar-refractivity contribution in [1.82, 2.24) is 4.90 Å². The number of hydrogen-bond donors (Lipinski definition) is 0. The van der Waals surface area contributed by atoms with Crippen molar-refractivity contribution >= 4 is 35.0 Å². The molecule has 0 N–H and O–H groups in total. The summed E-state index contributed by atoms with van der Waals surface area (Å²) >= 11 is 2.73. The van der Waals surface area contributed by atoms with E-state index in [4.69, 9.17) is 0 Å². The van der Waals surface area contributed by atoms with Crippen LogP contribution in [-0.2, 0) is 0 Å². The minimum Gasteiger partial charge on any atom is -0.292 e. The van der Waals surface area contributed by atoms with E-state index in [0.29, 0.717) is 5.41 Å². The number of hydrogen-bond acceptors (Lipinski definition) is 1. The van der Waals surface area contributed by atoms with E-state index in [2.05, 4.69) is 57.8 Å². The molecule has 1 aromatic rings. The van der Waals surface area contributed by atoms with E-state index in [1.54, 1.807) is 44.1 Å². The van der Waals surface area contributed by atoms with Crippen LogP contribution < -0.4 is 0 Å². The van der Waals surface area contributed by atoms with Crippen LogP contribution in [0.4, 0.5) is 0 Å². The molecule has 1 heterocycles. The lowest BCUT2D eigenvalue weighted by molar-refractivity contribution is -0.0705. The van der Waals surface area contributed by atoms with Gasteiger partial charge >= 0.3 is 0 Å². The zero-order chi connectivity index (χ0) is 19.7. The van der Waals surface area contributed by atoms with Crippen molar-refractivity contribution in [1.29, 1.82) is 0 Å². The molecule has 0 radical (unpaired) electrons. The smallest absolute Gasteiger partial charge is 0.0618 e. The minimum absolute atomic E-state index is 0. The number of likely N-dealkylation sites (tertiary alicyclic amines) is 1. The number of unbranched alkanes of at least 4 members (excludes halogenated alkanes) is 1. The summed E-state index contributed by atoms with van der Waals surface area (Å²) in [5.41, 5.74) is 2.31. The van der Waals surface area contributed by atoms with Gasteiger partial charge in [0.15, 0.2) is 0 Å². The first-order valence-corrected chi connectivity index (χ1v) is 13.9. The number of benzene rings is 1. The molecule has 4 saturated carbocycles. The average molecular weight is 542 g/mol. The van der Waals surface area contributed by atoms with Crippen molar-refractivity contribution in [3.05, 3.63) is 35.9 Å². The fraction of sp³-hybridized carbons (Fsp3) is 0.778. The third-order valence-corrected chi connectivity index (χ3v) is 10.4. The van der Waals surface area contributed by atoms with Crippen molar-refractivity contribution in [2.45, 2.75) is 93.4 Å². The Kier molecular flexibility index (Phi) is 8.12. The second-order valence-electron chi connectivity index (χ2n) is 11.1. The Morgan fingerprint density at radius 2 is 1.40 bits per heavy atom. The highest BCUT2D eigenvalue weighted by Crippen LogP contribution is 2.65. The van der Waals surface area contributed by atoms with Crippen LogP contribution in [0.25, 0.3) is 0 Å². The lowest BCUT2D eigenvalue weighted by Crippen LogP contribution is -2.48. The summed E-state index contributed by atoms with van der Waals surface area (Å²) in [6, 6.07) is 11.7. The third kappa shape index (κ3) is 5.06. The highest BCUT2D eigenvalue weighted by atomic mass is 127. The van der Waals surface area contributed by atoms with Crippen molar-refractivity contribution in [2.75, 3.05) is 13.1 Å². The van der Waals surface area contributed by atoms with E-state index < -0.39 is 0 Å². The molecule has 30 heavy (non-hydrogen) atoms. The standard InChI is InChI=1S/C27H40IN.ClH/c28-26(29-13-7-2-8-14-29)12-6-5-11-25(24-9-3-1-4-10-24)27-18-21-15-22(19-27)17-23(16-21)20-27;/h1,3-4,9-10,21-23,25-26H,2,5-8,11-20H2;1H. The molecule has 1 aromatic carbocycles. The predicted octanol–water partition coefficient (Wildman–Crippen LogP) is 8.22. The molecule has 5 fully saturated rings. The van der Waals surface area contributed by atoms with Crippen LogP contribution in [0.1, 0.15) is 95.0 Å². The zero-order valence-corrected chi connectivity index (χ0v) is 21.6. The van der Waals surface area contributed by atoms with Crippen LogP contribution >= 0.6 is 35.0 Å². The monoisotopic (exact) mass is 541 g/mol.